The van der Waals surface area contributed by atoms with E-state index in [4.69, 9.17) is 4.74 Å². The fraction of sp³-hybridized carbons (Fsp3) is 0.167. The Kier molecular flexibility index (Phi) is 2.37. The van der Waals surface area contributed by atoms with E-state index in [0.29, 0.717) is 11.1 Å². The summed E-state index contributed by atoms with van der Waals surface area (Å²) in [6.07, 6.45) is 1.67. The van der Waals surface area contributed by atoms with Crippen molar-refractivity contribution < 1.29 is 9.53 Å². The Labute approximate surface area is 87.7 Å². The van der Waals surface area contributed by atoms with Gasteiger partial charge in [0.1, 0.15) is 0 Å². The van der Waals surface area contributed by atoms with Gasteiger partial charge < -0.3 is 4.74 Å². The number of esters is 1. The summed E-state index contributed by atoms with van der Waals surface area (Å²) in [7, 11) is 1.37. The molecule has 0 aliphatic carbocycles. The first kappa shape index (κ1) is 9.65. The van der Waals surface area contributed by atoms with Gasteiger partial charge in [-0.25, -0.2) is 4.79 Å². The summed E-state index contributed by atoms with van der Waals surface area (Å²) in [6, 6.07) is 7.45. The minimum atomic E-state index is -0.348. The lowest BCUT2D eigenvalue weighted by molar-refractivity contribution is 0.0603. The molecule has 2 aromatic rings. The molecule has 76 valence electrons. The van der Waals surface area contributed by atoms with Crippen LogP contribution in [0.25, 0.3) is 10.9 Å². The van der Waals surface area contributed by atoms with Crippen LogP contribution in [0.15, 0.2) is 30.5 Å². The van der Waals surface area contributed by atoms with Crippen LogP contribution < -0.4 is 0 Å². The Morgan fingerprint density at radius 1 is 1.33 bits per heavy atom. The van der Waals surface area contributed by atoms with Gasteiger partial charge in [-0.1, -0.05) is 12.1 Å². The number of ether oxygens (including phenoxy) is 1. The molecule has 1 aromatic carbocycles. The molecule has 0 bridgehead atoms. The summed E-state index contributed by atoms with van der Waals surface area (Å²) < 4.78 is 4.71. The molecule has 0 aliphatic rings. The van der Waals surface area contributed by atoms with Crippen molar-refractivity contribution >= 4 is 16.9 Å². The first-order valence-electron chi connectivity index (χ1n) is 4.66. The van der Waals surface area contributed by atoms with E-state index in [0.717, 1.165) is 10.9 Å². The monoisotopic (exact) mass is 201 g/mol. The standard InChI is InChI=1S/C12H11NO2/c1-8-5-6-10(12(14)15-2)11-9(8)4-3-7-13-11/h3-7H,1-2H3. The van der Waals surface area contributed by atoms with E-state index in [-0.39, 0.29) is 5.97 Å². The predicted molar refractivity (Wildman–Crippen MR) is 57.8 cm³/mol. The Balaban J connectivity index is 2.77. The average Bonchev–Trinajstić information content (AvgIpc) is 2.29. The molecule has 3 nitrogen and oxygen atoms in total. The summed E-state index contributed by atoms with van der Waals surface area (Å²) in [6.45, 7) is 1.99. The quantitative estimate of drug-likeness (QED) is 0.665. The molecule has 1 aromatic heterocycles. The zero-order valence-electron chi connectivity index (χ0n) is 8.65. The van der Waals surface area contributed by atoms with Gasteiger partial charge in [-0.15, -0.1) is 0 Å². The van der Waals surface area contributed by atoms with Crippen molar-refractivity contribution in [1.82, 2.24) is 4.98 Å². The number of aromatic nitrogens is 1. The molecule has 0 atom stereocenters. The number of benzene rings is 1. The number of fused-ring (bicyclic) bond motifs is 1. The molecule has 0 fully saturated rings. The first-order chi connectivity index (χ1) is 7.24. The van der Waals surface area contributed by atoms with Crippen molar-refractivity contribution in [2.24, 2.45) is 0 Å². The van der Waals surface area contributed by atoms with Gasteiger partial charge in [0.15, 0.2) is 0 Å². The van der Waals surface area contributed by atoms with Crippen molar-refractivity contribution in [3.63, 3.8) is 0 Å². The van der Waals surface area contributed by atoms with Gasteiger partial charge in [0.25, 0.3) is 0 Å². The van der Waals surface area contributed by atoms with E-state index in [2.05, 4.69) is 4.98 Å². The third-order valence-electron chi connectivity index (χ3n) is 2.39. The van der Waals surface area contributed by atoms with Crippen LogP contribution in [0.4, 0.5) is 0 Å². The molecular weight excluding hydrogens is 190 g/mol. The second-order valence-corrected chi connectivity index (χ2v) is 3.32. The molecule has 1 heterocycles. The molecule has 0 saturated heterocycles. The first-order valence-corrected chi connectivity index (χ1v) is 4.66. The van der Waals surface area contributed by atoms with Crippen LogP contribution in [-0.2, 0) is 4.74 Å². The van der Waals surface area contributed by atoms with E-state index in [1.54, 1.807) is 12.3 Å². The second kappa shape index (κ2) is 3.69. The van der Waals surface area contributed by atoms with Gasteiger partial charge >= 0.3 is 5.97 Å². The molecule has 3 heteroatoms. The molecule has 0 radical (unpaired) electrons. The lowest BCUT2D eigenvalue weighted by Crippen LogP contribution is -2.03. The summed E-state index contributed by atoms with van der Waals surface area (Å²) in [5, 5.41) is 0.986. The van der Waals surface area contributed by atoms with E-state index < -0.39 is 0 Å². The largest absolute Gasteiger partial charge is 0.465 e. The Morgan fingerprint density at radius 2 is 2.13 bits per heavy atom. The minimum absolute atomic E-state index is 0.348. The summed E-state index contributed by atoms with van der Waals surface area (Å²) in [4.78, 5) is 15.7. The van der Waals surface area contributed by atoms with Crippen LogP contribution in [0.3, 0.4) is 0 Å². The average molecular weight is 201 g/mol. The maximum atomic E-state index is 11.5. The maximum Gasteiger partial charge on any atom is 0.340 e. The highest BCUT2D eigenvalue weighted by atomic mass is 16.5. The number of pyridine rings is 1. The topological polar surface area (TPSA) is 39.2 Å². The number of hydrogen-bond donors (Lipinski definition) is 0. The van der Waals surface area contributed by atoms with E-state index >= 15 is 0 Å². The molecule has 0 spiro atoms. The molecular formula is C12H11NO2. The van der Waals surface area contributed by atoms with E-state index in [1.807, 2.05) is 25.1 Å². The van der Waals surface area contributed by atoms with Crippen LogP contribution in [0, 0.1) is 6.92 Å². The van der Waals surface area contributed by atoms with Crippen molar-refractivity contribution in [2.45, 2.75) is 6.92 Å². The minimum Gasteiger partial charge on any atom is -0.465 e. The lowest BCUT2D eigenvalue weighted by Gasteiger charge is -2.05. The van der Waals surface area contributed by atoms with E-state index in [1.165, 1.54) is 7.11 Å². The third kappa shape index (κ3) is 1.56. The van der Waals surface area contributed by atoms with Crippen LogP contribution in [0.5, 0.6) is 0 Å². The van der Waals surface area contributed by atoms with Crippen LogP contribution >= 0.6 is 0 Å². The summed E-state index contributed by atoms with van der Waals surface area (Å²) >= 11 is 0. The maximum absolute atomic E-state index is 11.5. The number of carbonyl (C=O) groups is 1. The summed E-state index contributed by atoms with van der Waals surface area (Å²) in [5.41, 5.74) is 2.31. The number of hydrogen-bond acceptors (Lipinski definition) is 3. The number of methoxy groups -OCH3 is 1. The highest BCUT2D eigenvalue weighted by Gasteiger charge is 2.11. The van der Waals surface area contributed by atoms with Crippen LogP contribution in [0.2, 0.25) is 0 Å². The van der Waals surface area contributed by atoms with E-state index in [9.17, 15) is 4.79 Å². The van der Waals surface area contributed by atoms with Crippen molar-refractivity contribution in [2.75, 3.05) is 7.11 Å². The molecule has 0 unspecified atom stereocenters. The number of rotatable bonds is 1. The predicted octanol–water partition coefficient (Wildman–Crippen LogP) is 2.33. The van der Waals surface area contributed by atoms with Gasteiger partial charge in [-0.05, 0) is 24.6 Å². The zero-order valence-corrected chi connectivity index (χ0v) is 8.65. The smallest absolute Gasteiger partial charge is 0.340 e. The SMILES string of the molecule is COC(=O)c1ccc(C)c2cccnc12. The van der Waals surface area contributed by atoms with Crippen molar-refractivity contribution in [1.29, 1.82) is 0 Å². The Hall–Kier alpha value is -1.90. The second-order valence-electron chi connectivity index (χ2n) is 3.32. The third-order valence-corrected chi connectivity index (χ3v) is 2.39. The fourth-order valence-electron chi connectivity index (χ4n) is 1.59. The summed E-state index contributed by atoms with van der Waals surface area (Å²) in [5.74, 6) is -0.348. The van der Waals surface area contributed by atoms with Crippen LogP contribution in [-0.4, -0.2) is 18.1 Å². The highest BCUT2D eigenvalue weighted by molar-refractivity contribution is 6.03. The van der Waals surface area contributed by atoms with Gasteiger partial charge in [0.2, 0.25) is 0 Å². The Morgan fingerprint density at radius 3 is 2.87 bits per heavy atom. The van der Waals surface area contributed by atoms with Gasteiger partial charge in [0, 0.05) is 11.6 Å². The zero-order chi connectivity index (χ0) is 10.8. The van der Waals surface area contributed by atoms with Crippen molar-refractivity contribution in [3.8, 4) is 0 Å². The lowest BCUT2D eigenvalue weighted by atomic mass is 10.1. The van der Waals surface area contributed by atoms with Gasteiger partial charge in [0.05, 0.1) is 18.2 Å². The molecule has 2 rings (SSSR count). The van der Waals surface area contributed by atoms with Gasteiger partial charge in [-0.3, -0.25) is 4.98 Å². The van der Waals surface area contributed by atoms with Crippen molar-refractivity contribution in [3.05, 3.63) is 41.6 Å². The van der Waals surface area contributed by atoms with Crippen LogP contribution in [0.1, 0.15) is 15.9 Å². The highest BCUT2D eigenvalue weighted by Crippen LogP contribution is 2.20. The molecule has 15 heavy (non-hydrogen) atoms. The molecule has 0 amide bonds. The number of nitrogens with zero attached hydrogens (tertiary/aromatic N) is 1. The molecule has 0 N–H and O–H groups in total. The molecule has 0 aliphatic heterocycles. The Bertz CT molecular complexity index is 520. The fourth-order valence-corrected chi connectivity index (χ4v) is 1.59. The normalized spacial score (nSPS) is 10.3. The molecule has 0 saturated carbocycles. The van der Waals surface area contributed by atoms with Gasteiger partial charge in [-0.2, -0.15) is 0 Å². The number of aryl methyl sites for hydroxylation is 1. The number of carbonyl (C=O) groups excluding carboxylic acids is 1.